The van der Waals surface area contributed by atoms with Gasteiger partial charge in [-0.1, -0.05) is 17.7 Å². The standard InChI is InChI=1S/C19H14ClF2N7O/c20-14-5-4-11(17-25-27-29(26-17)12-8-19(21,22)9-12)7-15(14)24-18(30)13-10-23-28-6-2-1-3-16(13)28/h1-7,10,12H,8-9H2,(H,24,30). The zero-order chi connectivity index (χ0) is 20.9. The van der Waals surface area contributed by atoms with Gasteiger partial charge in [-0.05, 0) is 35.5 Å². The van der Waals surface area contributed by atoms with Gasteiger partial charge < -0.3 is 5.32 Å². The summed E-state index contributed by atoms with van der Waals surface area (Å²) in [7, 11) is 0. The first-order valence-electron chi connectivity index (χ1n) is 9.11. The number of alkyl halides is 2. The molecule has 5 rings (SSSR count). The van der Waals surface area contributed by atoms with Crippen LogP contribution in [0.15, 0.2) is 48.8 Å². The molecule has 152 valence electrons. The van der Waals surface area contributed by atoms with Crippen molar-refractivity contribution in [1.29, 1.82) is 0 Å². The number of tetrazole rings is 1. The maximum absolute atomic E-state index is 13.1. The molecule has 0 bridgehead atoms. The van der Waals surface area contributed by atoms with Gasteiger partial charge in [0.25, 0.3) is 11.8 Å². The van der Waals surface area contributed by atoms with Crippen LogP contribution in [0.5, 0.6) is 0 Å². The number of nitrogens with zero attached hydrogens (tertiary/aromatic N) is 6. The molecule has 3 heterocycles. The third-order valence-electron chi connectivity index (χ3n) is 4.97. The number of nitrogens with one attached hydrogen (secondary N) is 1. The molecule has 4 aromatic rings. The average Bonchev–Trinajstić information content (AvgIpc) is 3.35. The zero-order valence-electron chi connectivity index (χ0n) is 15.3. The Labute approximate surface area is 173 Å². The number of carbonyl (C=O) groups is 1. The van der Waals surface area contributed by atoms with E-state index in [0.717, 1.165) is 0 Å². The van der Waals surface area contributed by atoms with Crippen LogP contribution in [0.25, 0.3) is 16.9 Å². The van der Waals surface area contributed by atoms with Gasteiger partial charge in [0.15, 0.2) is 0 Å². The predicted molar refractivity (Wildman–Crippen MR) is 105 cm³/mol. The highest BCUT2D eigenvalue weighted by Gasteiger charge is 2.47. The van der Waals surface area contributed by atoms with Crippen LogP contribution in [0.4, 0.5) is 14.5 Å². The van der Waals surface area contributed by atoms with Crippen molar-refractivity contribution in [1.82, 2.24) is 29.8 Å². The lowest BCUT2D eigenvalue weighted by Crippen LogP contribution is -2.38. The average molecular weight is 430 g/mol. The van der Waals surface area contributed by atoms with Gasteiger partial charge in [-0.3, -0.25) is 4.79 Å². The molecule has 1 N–H and O–H groups in total. The summed E-state index contributed by atoms with van der Waals surface area (Å²) in [6, 6.07) is 9.82. The normalized spacial score (nSPS) is 15.8. The van der Waals surface area contributed by atoms with Gasteiger partial charge in [0.1, 0.15) is 0 Å². The number of rotatable bonds is 4. The molecule has 11 heteroatoms. The van der Waals surface area contributed by atoms with Crippen LogP contribution in [0.2, 0.25) is 5.02 Å². The van der Waals surface area contributed by atoms with Gasteiger partial charge in [0.2, 0.25) is 5.82 Å². The maximum atomic E-state index is 13.1. The van der Waals surface area contributed by atoms with Crippen LogP contribution in [0.1, 0.15) is 29.2 Å². The van der Waals surface area contributed by atoms with E-state index >= 15 is 0 Å². The van der Waals surface area contributed by atoms with Gasteiger partial charge in [0.05, 0.1) is 34.0 Å². The van der Waals surface area contributed by atoms with Crippen LogP contribution in [-0.2, 0) is 0 Å². The number of hydrogen-bond donors (Lipinski definition) is 1. The number of pyridine rings is 1. The topological polar surface area (TPSA) is 90.0 Å². The molecule has 30 heavy (non-hydrogen) atoms. The Kier molecular flexibility index (Phi) is 4.24. The van der Waals surface area contributed by atoms with E-state index in [1.54, 1.807) is 35.0 Å². The van der Waals surface area contributed by atoms with Crippen LogP contribution < -0.4 is 5.32 Å². The van der Waals surface area contributed by atoms with E-state index in [2.05, 4.69) is 25.8 Å². The molecule has 0 saturated heterocycles. The third kappa shape index (κ3) is 3.28. The molecule has 0 atom stereocenters. The molecular weight excluding hydrogens is 416 g/mol. The number of amides is 1. The molecule has 1 fully saturated rings. The molecule has 8 nitrogen and oxygen atoms in total. The number of anilines is 1. The van der Waals surface area contributed by atoms with Crippen molar-refractivity contribution in [2.45, 2.75) is 24.8 Å². The fraction of sp³-hybridized carbons (Fsp3) is 0.211. The third-order valence-corrected chi connectivity index (χ3v) is 5.30. The molecule has 1 aliphatic rings. The number of halogens is 3. The van der Waals surface area contributed by atoms with Crippen LogP contribution in [0, 0.1) is 0 Å². The van der Waals surface area contributed by atoms with Crippen molar-refractivity contribution in [3.63, 3.8) is 0 Å². The van der Waals surface area contributed by atoms with Crippen molar-refractivity contribution >= 4 is 28.7 Å². The molecule has 1 amide bonds. The van der Waals surface area contributed by atoms with E-state index in [0.29, 0.717) is 27.4 Å². The van der Waals surface area contributed by atoms with Gasteiger partial charge in [-0.25, -0.2) is 13.3 Å². The smallest absolute Gasteiger partial charge is 0.259 e. The summed E-state index contributed by atoms with van der Waals surface area (Å²) in [5, 5.41) is 19.3. The number of fused-ring (bicyclic) bond motifs is 1. The van der Waals surface area contributed by atoms with Crippen LogP contribution >= 0.6 is 11.6 Å². The number of aromatic nitrogens is 6. The Morgan fingerprint density at radius 3 is 2.87 bits per heavy atom. The molecular formula is C19H14ClF2N7O. The SMILES string of the molecule is O=C(Nc1cc(-c2nnn(C3CC(F)(F)C3)n2)ccc1Cl)c1cnn2ccccc12. The monoisotopic (exact) mass is 429 g/mol. The first-order valence-corrected chi connectivity index (χ1v) is 9.48. The van der Waals surface area contributed by atoms with E-state index in [4.69, 9.17) is 11.6 Å². The molecule has 1 aromatic carbocycles. The van der Waals surface area contributed by atoms with E-state index in [1.807, 2.05) is 12.1 Å². The van der Waals surface area contributed by atoms with Crippen molar-refractivity contribution in [3.05, 3.63) is 59.4 Å². The lowest BCUT2D eigenvalue weighted by Gasteiger charge is -2.33. The summed E-state index contributed by atoms with van der Waals surface area (Å²) < 4.78 is 27.8. The molecule has 1 saturated carbocycles. The molecule has 0 aliphatic heterocycles. The second-order valence-corrected chi connectivity index (χ2v) is 7.50. The Bertz CT molecular complexity index is 1260. The highest BCUT2D eigenvalue weighted by Crippen LogP contribution is 2.44. The number of benzene rings is 1. The van der Waals surface area contributed by atoms with Gasteiger partial charge >= 0.3 is 0 Å². The van der Waals surface area contributed by atoms with Gasteiger partial charge in [-0.15, -0.1) is 10.2 Å². The fourth-order valence-corrected chi connectivity index (χ4v) is 3.51. The minimum Gasteiger partial charge on any atom is -0.320 e. The fourth-order valence-electron chi connectivity index (χ4n) is 3.35. The summed E-state index contributed by atoms with van der Waals surface area (Å²) in [5.41, 5.74) is 1.96. The Morgan fingerprint density at radius 1 is 1.23 bits per heavy atom. The van der Waals surface area contributed by atoms with Crippen LogP contribution in [0.3, 0.4) is 0 Å². The predicted octanol–water partition coefficient (Wildman–Crippen LogP) is 3.86. The summed E-state index contributed by atoms with van der Waals surface area (Å²) in [4.78, 5) is 14.0. The van der Waals surface area contributed by atoms with Crippen molar-refractivity contribution < 1.29 is 13.6 Å². The summed E-state index contributed by atoms with van der Waals surface area (Å²) in [6.45, 7) is 0. The molecule has 0 spiro atoms. The maximum Gasteiger partial charge on any atom is 0.259 e. The lowest BCUT2D eigenvalue weighted by molar-refractivity contribution is -0.110. The van der Waals surface area contributed by atoms with E-state index < -0.39 is 12.0 Å². The quantitative estimate of drug-likeness (QED) is 0.532. The first-order chi connectivity index (χ1) is 14.4. The molecule has 0 radical (unpaired) electrons. The molecule has 1 aliphatic carbocycles. The van der Waals surface area contributed by atoms with Crippen molar-refractivity contribution in [2.75, 3.05) is 5.32 Å². The van der Waals surface area contributed by atoms with Gasteiger partial charge in [-0.2, -0.15) is 9.90 Å². The van der Waals surface area contributed by atoms with Gasteiger partial charge in [0, 0.05) is 24.6 Å². The van der Waals surface area contributed by atoms with E-state index in [-0.39, 0.29) is 24.6 Å². The largest absolute Gasteiger partial charge is 0.320 e. The molecule has 0 unspecified atom stereocenters. The number of carbonyl (C=O) groups excluding carboxylic acids is 1. The van der Waals surface area contributed by atoms with Crippen LogP contribution in [-0.4, -0.2) is 41.7 Å². The van der Waals surface area contributed by atoms with E-state index in [1.165, 1.54) is 11.0 Å². The summed E-state index contributed by atoms with van der Waals surface area (Å²) in [5.74, 6) is -2.79. The first kappa shape index (κ1) is 18.6. The summed E-state index contributed by atoms with van der Waals surface area (Å²) >= 11 is 6.25. The Morgan fingerprint density at radius 2 is 2.07 bits per heavy atom. The van der Waals surface area contributed by atoms with Crippen molar-refractivity contribution in [2.24, 2.45) is 0 Å². The number of hydrogen-bond acceptors (Lipinski definition) is 5. The summed E-state index contributed by atoms with van der Waals surface area (Å²) in [6.07, 6.45) is 2.62. The zero-order valence-corrected chi connectivity index (χ0v) is 16.1. The lowest BCUT2D eigenvalue weighted by atomic mass is 9.89. The Hall–Kier alpha value is -3.40. The van der Waals surface area contributed by atoms with E-state index in [9.17, 15) is 13.6 Å². The molecule has 3 aromatic heterocycles. The highest BCUT2D eigenvalue weighted by atomic mass is 35.5. The minimum absolute atomic E-state index is 0.258. The highest BCUT2D eigenvalue weighted by molar-refractivity contribution is 6.34. The van der Waals surface area contributed by atoms with Crippen molar-refractivity contribution in [3.8, 4) is 11.4 Å². The second kappa shape index (κ2) is 6.84. The Balaban J connectivity index is 1.39. The minimum atomic E-state index is -2.67. The second-order valence-electron chi connectivity index (χ2n) is 7.09.